The predicted molar refractivity (Wildman–Crippen MR) is 78.2 cm³/mol. The van der Waals surface area contributed by atoms with E-state index in [-0.39, 0.29) is 11.9 Å². The van der Waals surface area contributed by atoms with Crippen molar-refractivity contribution < 1.29 is 9.53 Å². The summed E-state index contributed by atoms with van der Waals surface area (Å²) in [7, 11) is 0. The minimum absolute atomic E-state index is 0.177. The molecule has 0 aliphatic heterocycles. The molecule has 2 nitrogen and oxygen atoms in total. The fourth-order valence-corrected chi connectivity index (χ4v) is 2.15. The third-order valence-corrected chi connectivity index (χ3v) is 3.05. The molecule has 0 spiro atoms. The van der Waals surface area contributed by atoms with Gasteiger partial charge in [0.25, 0.3) is 0 Å². The van der Waals surface area contributed by atoms with Crippen LogP contribution in [0.5, 0.6) is 0 Å². The normalized spacial score (nSPS) is 13.3. The number of carbonyl (C=O) groups is 1. The molecule has 19 heavy (non-hydrogen) atoms. The van der Waals surface area contributed by atoms with Gasteiger partial charge in [0.1, 0.15) is 5.60 Å². The van der Waals surface area contributed by atoms with Crippen LogP contribution in [0.15, 0.2) is 42.5 Å². The Kier molecular flexibility index (Phi) is 3.61. The highest BCUT2D eigenvalue weighted by molar-refractivity contribution is 5.91. The van der Waals surface area contributed by atoms with Crippen molar-refractivity contribution in [3.8, 4) is 0 Å². The van der Waals surface area contributed by atoms with Crippen LogP contribution in [0.4, 0.5) is 0 Å². The van der Waals surface area contributed by atoms with Crippen molar-refractivity contribution >= 4 is 16.7 Å². The minimum atomic E-state index is -0.448. The monoisotopic (exact) mass is 256 g/mol. The number of ether oxygens (including phenoxy) is 1. The fraction of sp³-hybridized carbons (Fsp3) is 0.353. The molecule has 2 rings (SSSR count). The lowest BCUT2D eigenvalue weighted by Gasteiger charge is -2.23. The number of esters is 1. The predicted octanol–water partition coefficient (Wildman–Crippen LogP) is 4.29. The maximum atomic E-state index is 12.2. The van der Waals surface area contributed by atoms with Crippen molar-refractivity contribution in [3.05, 3.63) is 48.0 Å². The van der Waals surface area contributed by atoms with Crippen LogP contribution in [0.25, 0.3) is 10.8 Å². The molecular weight excluding hydrogens is 236 g/mol. The van der Waals surface area contributed by atoms with Crippen molar-refractivity contribution in [3.63, 3.8) is 0 Å². The lowest BCUT2D eigenvalue weighted by atomic mass is 9.95. The standard InChI is InChI=1S/C17H20O2/c1-12(16(18)19-17(2,3)4)14-11-7-9-13-8-5-6-10-15(13)14/h5-12H,1-4H3/t12-/m1/s1. The van der Waals surface area contributed by atoms with Crippen molar-refractivity contribution in [1.29, 1.82) is 0 Å². The molecule has 0 unspecified atom stereocenters. The average molecular weight is 256 g/mol. The molecule has 100 valence electrons. The van der Waals surface area contributed by atoms with Crippen molar-refractivity contribution in [1.82, 2.24) is 0 Å². The Hall–Kier alpha value is -1.83. The Balaban J connectivity index is 2.36. The molecule has 0 saturated carbocycles. The molecule has 0 N–H and O–H groups in total. The van der Waals surface area contributed by atoms with E-state index in [0.29, 0.717) is 0 Å². The Morgan fingerprint density at radius 1 is 1.05 bits per heavy atom. The van der Waals surface area contributed by atoms with Gasteiger partial charge in [-0.15, -0.1) is 0 Å². The van der Waals surface area contributed by atoms with E-state index in [4.69, 9.17) is 4.74 Å². The highest BCUT2D eigenvalue weighted by Gasteiger charge is 2.23. The van der Waals surface area contributed by atoms with Crippen LogP contribution < -0.4 is 0 Å². The van der Waals surface area contributed by atoms with E-state index in [1.165, 1.54) is 0 Å². The Morgan fingerprint density at radius 3 is 2.37 bits per heavy atom. The lowest BCUT2D eigenvalue weighted by Crippen LogP contribution is -2.26. The van der Waals surface area contributed by atoms with Gasteiger partial charge >= 0.3 is 5.97 Å². The quantitative estimate of drug-likeness (QED) is 0.749. The molecule has 0 bridgehead atoms. The van der Waals surface area contributed by atoms with Crippen LogP contribution in [-0.4, -0.2) is 11.6 Å². The average Bonchev–Trinajstić information content (AvgIpc) is 2.35. The van der Waals surface area contributed by atoms with E-state index in [0.717, 1.165) is 16.3 Å². The third kappa shape index (κ3) is 3.14. The number of carbonyl (C=O) groups excluding carboxylic acids is 1. The number of fused-ring (bicyclic) bond motifs is 1. The largest absolute Gasteiger partial charge is 0.460 e. The Bertz CT molecular complexity index is 588. The molecule has 0 amide bonds. The fourth-order valence-electron chi connectivity index (χ4n) is 2.15. The molecule has 0 heterocycles. The van der Waals surface area contributed by atoms with Gasteiger partial charge in [0.15, 0.2) is 0 Å². The third-order valence-electron chi connectivity index (χ3n) is 3.05. The van der Waals surface area contributed by atoms with Crippen LogP contribution in [-0.2, 0) is 9.53 Å². The first-order valence-corrected chi connectivity index (χ1v) is 6.59. The Morgan fingerprint density at radius 2 is 1.68 bits per heavy atom. The van der Waals surface area contributed by atoms with Gasteiger partial charge in [-0.1, -0.05) is 42.5 Å². The van der Waals surface area contributed by atoms with Gasteiger partial charge in [0.2, 0.25) is 0 Å². The van der Waals surface area contributed by atoms with E-state index in [2.05, 4.69) is 12.1 Å². The van der Waals surface area contributed by atoms with E-state index in [1.807, 2.05) is 58.0 Å². The zero-order valence-electron chi connectivity index (χ0n) is 11.9. The van der Waals surface area contributed by atoms with Gasteiger partial charge in [-0.05, 0) is 44.0 Å². The molecule has 1 atom stereocenters. The van der Waals surface area contributed by atoms with Gasteiger partial charge in [0, 0.05) is 0 Å². The van der Waals surface area contributed by atoms with Crippen LogP contribution in [0.1, 0.15) is 39.2 Å². The zero-order valence-corrected chi connectivity index (χ0v) is 11.9. The summed E-state index contributed by atoms with van der Waals surface area (Å²) in [5.41, 5.74) is 0.572. The summed E-state index contributed by atoms with van der Waals surface area (Å²) in [5.74, 6) is -0.436. The zero-order chi connectivity index (χ0) is 14.0. The van der Waals surface area contributed by atoms with Crippen LogP contribution in [0.2, 0.25) is 0 Å². The van der Waals surface area contributed by atoms with E-state index in [9.17, 15) is 4.79 Å². The molecule has 0 aliphatic carbocycles. The molecule has 2 heteroatoms. The summed E-state index contributed by atoms with van der Waals surface area (Å²) >= 11 is 0. The molecule has 2 aromatic rings. The number of hydrogen-bond acceptors (Lipinski definition) is 2. The summed E-state index contributed by atoms with van der Waals surface area (Å²) < 4.78 is 5.46. The van der Waals surface area contributed by atoms with E-state index in [1.54, 1.807) is 0 Å². The van der Waals surface area contributed by atoms with Crippen LogP contribution in [0, 0.1) is 0 Å². The second kappa shape index (κ2) is 5.04. The molecule has 2 aromatic carbocycles. The smallest absolute Gasteiger partial charge is 0.313 e. The van der Waals surface area contributed by atoms with Gasteiger partial charge < -0.3 is 4.74 Å². The Labute approximate surface area is 114 Å². The first-order chi connectivity index (χ1) is 8.88. The van der Waals surface area contributed by atoms with Gasteiger partial charge in [-0.2, -0.15) is 0 Å². The number of benzene rings is 2. The molecule has 0 aromatic heterocycles. The summed E-state index contributed by atoms with van der Waals surface area (Å²) in [5, 5.41) is 2.26. The van der Waals surface area contributed by atoms with Crippen molar-refractivity contribution in [2.45, 2.75) is 39.2 Å². The number of hydrogen-bond donors (Lipinski definition) is 0. The van der Waals surface area contributed by atoms with Gasteiger partial charge in [0.05, 0.1) is 5.92 Å². The summed E-state index contributed by atoms with van der Waals surface area (Å²) in [4.78, 5) is 12.2. The highest BCUT2D eigenvalue weighted by Crippen LogP contribution is 2.27. The molecule has 0 fully saturated rings. The second-order valence-electron chi connectivity index (χ2n) is 5.82. The molecular formula is C17H20O2. The van der Waals surface area contributed by atoms with Crippen molar-refractivity contribution in [2.24, 2.45) is 0 Å². The summed E-state index contributed by atoms with van der Waals surface area (Å²) in [6.07, 6.45) is 0. The second-order valence-corrected chi connectivity index (χ2v) is 5.82. The molecule has 0 saturated heterocycles. The van der Waals surface area contributed by atoms with Crippen LogP contribution in [0.3, 0.4) is 0 Å². The van der Waals surface area contributed by atoms with Gasteiger partial charge in [-0.3, -0.25) is 4.79 Å². The topological polar surface area (TPSA) is 26.3 Å². The first-order valence-electron chi connectivity index (χ1n) is 6.59. The van der Waals surface area contributed by atoms with Crippen molar-refractivity contribution in [2.75, 3.05) is 0 Å². The maximum Gasteiger partial charge on any atom is 0.313 e. The minimum Gasteiger partial charge on any atom is -0.460 e. The SMILES string of the molecule is C[C@@H](C(=O)OC(C)(C)C)c1cccc2ccccc12. The molecule has 0 aliphatic rings. The maximum absolute atomic E-state index is 12.2. The molecule has 0 radical (unpaired) electrons. The van der Waals surface area contributed by atoms with Crippen LogP contribution >= 0.6 is 0 Å². The van der Waals surface area contributed by atoms with Gasteiger partial charge in [-0.25, -0.2) is 0 Å². The van der Waals surface area contributed by atoms with E-state index >= 15 is 0 Å². The van der Waals surface area contributed by atoms with E-state index < -0.39 is 5.60 Å². The highest BCUT2D eigenvalue weighted by atomic mass is 16.6. The summed E-state index contributed by atoms with van der Waals surface area (Å²) in [6, 6.07) is 14.1. The summed E-state index contributed by atoms with van der Waals surface area (Å²) in [6.45, 7) is 7.57. The first kappa shape index (κ1) is 13.6. The number of rotatable bonds is 2. The lowest BCUT2D eigenvalue weighted by molar-refractivity contribution is -0.156.